The van der Waals surface area contributed by atoms with E-state index in [9.17, 15) is 4.79 Å². The van der Waals surface area contributed by atoms with E-state index in [0.29, 0.717) is 13.0 Å². The Morgan fingerprint density at radius 1 is 1.45 bits per heavy atom. The summed E-state index contributed by atoms with van der Waals surface area (Å²) >= 11 is 0. The molecule has 3 rings (SSSR count). The summed E-state index contributed by atoms with van der Waals surface area (Å²) in [5.74, 6) is 1.12. The smallest absolute Gasteiger partial charge is 0.222 e. The van der Waals surface area contributed by atoms with Crippen molar-refractivity contribution in [3.8, 4) is 5.75 Å². The summed E-state index contributed by atoms with van der Waals surface area (Å²) in [5, 5.41) is 6.69. The normalized spacial score (nSPS) is 16.1. The molecule has 1 aromatic heterocycles. The summed E-state index contributed by atoms with van der Waals surface area (Å²) < 4.78 is 5.88. The van der Waals surface area contributed by atoms with Crippen LogP contribution < -0.4 is 4.74 Å². The third-order valence-corrected chi connectivity index (χ3v) is 4.03. The van der Waals surface area contributed by atoms with Crippen molar-refractivity contribution in [2.45, 2.75) is 31.8 Å². The largest absolute Gasteiger partial charge is 0.488 e. The fraction of sp³-hybridized carbons (Fsp3) is 0.412. The van der Waals surface area contributed by atoms with Gasteiger partial charge in [-0.3, -0.25) is 9.89 Å². The molecule has 5 heteroatoms. The number of nitrogens with one attached hydrogen (secondary N) is 1. The van der Waals surface area contributed by atoms with Gasteiger partial charge in [0.05, 0.1) is 12.7 Å². The van der Waals surface area contributed by atoms with Crippen LogP contribution in [0.1, 0.15) is 24.0 Å². The van der Waals surface area contributed by atoms with Crippen molar-refractivity contribution in [2.24, 2.45) is 0 Å². The molecular formula is C17H21N3O2. The van der Waals surface area contributed by atoms with Crippen molar-refractivity contribution in [2.75, 3.05) is 13.6 Å². The van der Waals surface area contributed by atoms with Gasteiger partial charge in [-0.05, 0) is 30.0 Å². The summed E-state index contributed by atoms with van der Waals surface area (Å²) in [5.41, 5.74) is 2.37. The zero-order valence-electron chi connectivity index (χ0n) is 12.8. The molecule has 1 atom stereocenters. The molecule has 5 nitrogen and oxygen atoms in total. The average Bonchev–Trinajstić information content (AvgIpc) is 3.15. The highest BCUT2D eigenvalue weighted by molar-refractivity contribution is 5.75. The fourth-order valence-electron chi connectivity index (χ4n) is 2.81. The Bertz CT molecular complexity index is 600. The number of hydrogen-bond acceptors (Lipinski definition) is 3. The Morgan fingerprint density at radius 3 is 3.09 bits per heavy atom. The van der Waals surface area contributed by atoms with Crippen LogP contribution in [-0.2, 0) is 17.6 Å². The molecule has 1 aromatic carbocycles. The maximum Gasteiger partial charge on any atom is 0.222 e. The second-order valence-corrected chi connectivity index (χ2v) is 5.79. The molecule has 1 N–H and O–H groups in total. The molecule has 0 saturated carbocycles. The molecule has 1 amide bonds. The minimum atomic E-state index is 0.0697. The van der Waals surface area contributed by atoms with Crippen molar-refractivity contribution in [1.82, 2.24) is 15.1 Å². The monoisotopic (exact) mass is 299 g/mol. The van der Waals surface area contributed by atoms with Gasteiger partial charge in [0.1, 0.15) is 11.9 Å². The first kappa shape index (κ1) is 14.6. The minimum Gasteiger partial charge on any atom is -0.488 e. The summed E-state index contributed by atoms with van der Waals surface area (Å²) in [6.45, 7) is 0.638. The minimum absolute atomic E-state index is 0.0697. The lowest BCUT2D eigenvalue weighted by Crippen LogP contribution is -2.36. The molecular weight excluding hydrogens is 278 g/mol. The number of carbonyl (C=O) groups is 1. The van der Waals surface area contributed by atoms with Crippen LogP contribution in [0.15, 0.2) is 36.7 Å². The van der Waals surface area contributed by atoms with Crippen molar-refractivity contribution >= 4 is 5.91 Å². The Labute approximate surface area is 130 Å². The third kappa shape index (κ3) is 3.47. The zero-order chi connectivity index (χ0) is 15.4. The lowest BCUT2D eigenvalue weighted by molar-refractivity contribution is -0.130. The van der Waals surface area contributed by atoms with Gasteiger partial charge in [0.15, 0.2) is 0 Å². The lowest BCUT2D eigenvalue weighted by Gasteiger charge is -2.21. The van der Waals surface area contributed by atoms with Gasteiger partial charge in [0, 0.05) is 26.1 Å². The van der Waals surface area contributed by atoms with E-state index in [0.717, 1.165) is 30.6 Å². The van der Waals surface area contributed by atoms with Crippen molar-refractivity contribution in [3.63, 3.8) is 0 Å². The highest BCUT2D eigenvalue weighted by atomic mass is 16.5. The fourth-order valence-corrected chi connectivity index (χ4v) is 2.81. The quantitative estimate of drug-likeness (QED) is 0.889. The Kier molecular flexibility index (Phi) is 4.42. The molecule has 116 valence electrons. The van der Waals surface area contributed by atoms with Gasteiger partial charge in [-0.25, -0.2) is 0 Å². The SMILES string of the molecule is CN(C[C@H]1Cc2ccccc2O1)C(=O)CCCc1cn[nH]c1. The Morgan fingerprint density at radius 2 is 2.32 bits per heavy atom. The first-order valence-electron chi connectivity index (χ1n) is 7.68. The summed E-state index contributed by atoms with van der Waals surface area (Å²) in [6.07, 6.45) is 6.90. The maximum atomic E-state index is 12.2. The van der Waals surface area contributed by atoms with Crippen LogP contribution in [0.25, 0.3) is 0 Å². The maximum absolute atomic E-state index is 12.2. The number of aromatic amines is 1. The number of ether oxygens (including phenoxy) is 1. The predicted molar refractivity (Wildman–Crippen MR) is 83.7 cm³/mol. The van der Waals surface area contributed by atoms with Gasteiger partial charge < -0.3 is 9.64 Å². The molecule has 0 saturated heterocycles. The van der Waals surface area contributed by atoms with E-state index in [-0.39, 0.29) is 12.0 Å². The predicted octanol–water partition coefficient (Wildman–Crippen LogP) is 2.19. The van der Waals surface area contributed by atoms with Crippen LogP contribution in [-0.4, -0.2) is 40.7 Å². The van der Waals surface area contributed by atoms with Crippen LogP contribution in [0, 0.1) is 0 Å². The van der Waals surface area contributed by atoms with Gasteiger partial charge in [0.2, 0.25) is 5.91 Å². The number of aryl methyl sites for hydroxylation is 1. The topological polar surface area (TPSA) is 58.2 Å². The number of amides is 1. The molecule has 0 bridgehead atoms. The number of H-pyrrole nitrogens is 1. The number of nitrogens with zero attached hydrogens (tertiary/aromatic N) is 2. The van der Waals surface area contributed by atoms with E-state index < -0.39 is 0 Å². The second kappa shape index (κ2) is 6.64. The molecule has 1 aliphatic rings. The Hall–Kier alpha value is -2.30. The highest BCUT2D eigenvalue weighted by Crippen LogP contribution is 2.28. The van der Waals surface area contributed by atoms with Crippen molar-refractivity contribution in [3.05, 3.63) is 47.8 Å². The molecule has 0 unspecified atom stereocenters. The number of hydrogen-bond donors (Lipinski definition) is 1. The van der Waals surface area contributed by atoms with E-state index >= 15 is 0 Å². The summed E-state index contributed by atoms with van der Waals surface area (Å²) in [4.78, 5) is 14.0. The summed E-state index contributed by atoms with van der Waals surface area (Å²) in [7, 11) is 1.85. The van der Waals surface area contributed by atoms with Crippen LogP contribution in [0.3, 0.4) is 0 Å². The Balaban J connectivity index is 1.42. The second-order valence-electron chi connectivity index (χ2n) is 5.79. The lowest BCUT2D eigenvalue weighted by atomic mass is 10.1. The van der Waals surface area contributed by atoms with E-state index in [4.69, 9.17) is 4.74 Å². The number of rotatable bonds is 6. The summed E-state index contributed by atoms with van der Waals surface area (Å²) in [6, 6.07) is 8.07. The zero-order valence-corrected chi connectivity index (χ0v) is 12.8. The molecule has 0 radical (unpaired) electrons. The van der Waals surface area contributed by atoms with Crippen molar-refractivity contribution < 1.29 is 9.53 Å². The molecule has 0 fully saturated rings. The molecule has 0 spiro atoms. The number of fused-ring (bicyclic) bond motifs is 1. The first-order valence-corrected chi connectivity index (χ1v) is 7.68. The molecule has 2 heterocycles. The van der Waals surface area contributed by atoms with Crippen LogP contribution in [0.2, 0.25) is 0 Å². The number of likely N-dealkylation sites (N-methyl/N-ethyl adjacent to an activating group) is 1. The van der Waals surface area contributed by atoms with E-state index in [2.05, 4.69) is 16.3 Å². The van der Waals surface area contributed by atoms with Crippen molar-refractivity contribution in [1.29, 1.82) is 0 Å². The van der Waals surface area contributed by atoms with Gasteiger partial charge in [-0.1, -0.05) is 18.2 Å². The molecule has 22 heavy (non-hydrogen) atoms. The van der Waals surface area contributed by atoms with E-state index in [1.54, 1.807) is 11.1 Å². The molecule has 2 aromatic rings. The van der Waals surface area contributed by atoms with Crippen LogP contribution >= 0.6 is 0 Å². The van der Waals surface area contributed by atoms with Gasteiger partial charge >= 0.3 is 0 Å². The number of carbonyl (C=O) groups excluding carboxylic acids is 1. The molecule has 0 aliphatic carbocycles. The number of aromatic nitrogens is 2. The third-order valence-electron chi connectivity index (χ3n) is 4.03. The average molecular weight is 299 g/mol. The van der Waals surface area contributed by atoms with Gasteiger partial charge in [-0.2, -0.15) is 5.10 Å². The highest BCUT2D eigenvalue weighted by Gasteiger charge is 2.24. The van der Waals surface area contributed by atoms with E-state index in [1.807, 2.05) is 31.4 Å². The molecule has 1 aliphatic heterocycles. The van der Waals surface area contributed by atoms with Crippen LogP contribution in [0.5, 0.6) is 5.75 Å². The van der Waals surface area contributed by atoms with Crippen LogP contribution in [0.4, 0.5) is 0 Å². The van der Waals surface area contributed by atoms with E-state index in [1.165, 1.54) is 5.56 Å². The first-order chi connectivity index (χ1) is 10.7. The standard InChI is InChI=1S/C17H21N3O2/c1-20(17(21)8-4-5-13-10-18-19-11-13)12-15-9-14-6-2-3-7-16(14)22-15/h2-3,6-7,10-11,15H,4-5,8-9,12H2,1H3,(H,18,19)/t15-/m1/s1. The van der Waals surface area contributed by atoms with Gasteiger partial charge in [-0.15, -0.1) is 0 Å². The number of para-hydroxylation sites is 1. The van der Waals surface area contributed by atoms with Gasteiger partial charge in [0.25, 0.3) is 0 Å². The number of benzene rings is 1.